The van der Waals surface area contributed by atoms with Crippen molar-refractivity contribution in [1.82, 2.24) is 15.5 Å². The number of carbonyl (C=O) groups is 1. The summed E-state index contributed by atoms with van der Waals surface area (Å²) in [5.74, 6) is 0.809. The third-order valence-electron chi connectivity index (χ3n) is 5.78. The molecule has 4 unspecified atom stereocenters. The van der Waals surface area contributed by atoms with E-state index in [1.807, 2.05) is 62.4 Å². The van der Waals surface area contributed by atoms with Gasteiger partial charge in [0.05, 0.1) is 18.8 Å². The quantitative estimate of drug-likeness (QED) is 0.361. The second kappa shape index (κ2) is 12.0. The molecule has 1 aliphatic rings. The number of aliphatic hydroxyl groups is 1. The van der Waals surface area contributed by atoms with Crippen LogP contribution in [0.3, 0.4) is 0 Å². The SMILES string of the molecule is CCNC(=O)Nc1ccc(C2OC(CSc3nnc(C)s3)C(C)C(c3ccc(CO)cc3)O2)cc1. The van der Waals surface area contributed by atoms with E-state index < -0.39 is 6.29 Å². The van der Waals surface area contributed by atoms with Gasteiger partial charge in [0.25, 0.3) is 0 Å². The largest absolute Gasteiger partial charge is 0.392 e. The van der Waals surface area contributed by atoms with Crippen LogP contribution < -0.4 is 10.6 Å². The van der Waals surface area contributed by atoms with Crippen molar-refractivity contribution in [2.75, 3.05) is 17.6 Å². The Morgan fingerprint density at radius 1 is 1.09 bits per heavy atom. The Kier molecular flexibility index (Phi) is 8.74. The highest BCUT2D eigenvalue weighted by Gasteiger charge is 2.38. The summed E-state index contributed by atoms with van der Waals surface area (Å²) < 4.78 is 13.8. The highest BCUT2D eigenvalue weighted by Crippen LogP contribution is 2.43. The van der Waals surface area contributed by atoms with Gasteiger partial charge in [-0.3, -0.25) is 0 Å². The van der Waals surface area contributed by atoms with Gasteiger partial charge < -0.3 is 25.2 Å². The third-order valence-corrected chi connectivity index (χ3v) is 7.84. The minimum atomic E-state index is -0.561. The molecule has 3 N–H and O–H groups in total. The summed E-state index contributed by atoms with van der Waals surface area (Å²) in [7, 11) is 0. The van der Waals surface area contributed by atoms with Gasteiger partial charge in [-0.1, -0.05) is 66.4 Å². The first-order valence-electron chi connectivity index (χ1n) is 11.5. The zero-order valence-electron chi connectivity index (χ0n) is 19.9. The number of hydrogen-bond acceptors (Lipinski definition) is 8. The zero-order chi connectivity index (χ0) is 24.8. The summed E-state index contributed by atoms with van der Waals surface area (Å²) in [4.78, 5) is 11.8. The molecule has 8 nitrogen and oxygen atoms in total. The summed E-state index contributed by atoms with van der Waals surface area (Å²) in [6.07, 6.45) is -0.830. The molecule has 2 amide bonds. The number of amides is 2. The number of anilines is 1. The molecule has 186 valence electrons. The molecule has 0 radical (unpaired) electrons. The number of urea groups is 1. The number of carbonyl (C=O) groups excluding carboxylic acids is 1. The van der Waals surface area contributed by atoms with Crippen LogP contribution in [0.2, 0.25) is 0 Å². The first-order valence-corrected chi connectivity index (χ1v) is 13.4. The van der Waals surface area contributed by atoms with E-state index in [9.17, 15) is 9.90 Å². The summed E-state index contributed by atoms with van der Waals surface area (Å²) in [6.45, 7) is 6.52. The number of hydrogen-bond donors (Lipinski definition) is 3. The number of nitrogens with zero attached hydrogens (tertiary/aromatic N) is 2. The Morgan fingerprint density at radius 2 is 1.80 bits per heavy atom. The molecule has 0 aliphatic carbocycles. The molecular weight excluding hydrogens is 484 g/mol. The maximum Gasteiger partial charge on any atom is 0.319 e. The van der Waals surface area contributed by atoms with E-state index in [2.05, 4.69) is 27.8 Å². The third kappa shape index (κ3) is 6.59. The van der Waals surface area contributed by atoms with E-state index in [4.69, 9.17) is 9.47 Å². The van der Waals surface area contributed by atoms with Crippen molar-refractivity contribution in [1.29, 1.82) is 0 Å². The fourth-order valence-corrected chi connectivity index (χ4v) is 5.86. The van der Waals surface area contributed by atoms with E-state index >= 15 is 0 Å². The molecule has 1 fully saturated rings. The van der Waals surface area contributed by atoms with Crippen molar-refractivity contribution >= 4 is 34.8 Å². The minimum absolute atomic E-state index is 0.00425. The fraction of sp³-hybridized carbons (Fsp3) is 0.400. The number of thioether (sulfide) groups is 1. The van der Waals surface area contributed by atoms with Crippen LogP contribution in [0.5, 0.6) is 0 Å². The number of ether oxygens (including phenoxy) is 2. The lowest BCUT2D eigenvalue weighted by Crippen LogP contribution is -2.38. The maximum atomic E-state index is 11.8. The molecule has 2 aromatic carbocycles. The summed E-state index contributed by atoms with van der Waals surface area (Å²) >= 11 is 3.22. The number of rotatable bonds is 8. The van der Waals surface area contributed by atoms with Gasteiger partial charge in [0, 0.05) is 29.5 Å². The van der Waals surface area contributed by atoms with E-state index in [-0.39, 0.29) is 30.8 Å². The Labute approximate surface area is 213 Å². The van der Waals surface area contributed by atoms with Crippen LogP contribution in [0.4, 0.5) is 10.5 Å². The van der Waals surface area contributed by atoms with E-state index in [0.29, 0.717) is 12.2 Å². The predicted molar refractivity (Wildman–Crippen MR) is 137 cm³/mol. The molecule has 35 heavy (non-hydrogen) atoms. The monoisotopic (exact) mass is 514 g/mol. The number of aliphatic hydroxyl groups excluding tert-OH is 1. The van der Waals surface area contributed by atoms with E-state index in [0.717, 1.165) is 31.8 Å². The number of benzene rings is 2. The second-order valence-corrected chi connectivity index (χ2v) is 10.8. The van der Waals surface area contributed by atoms with Crippen LogP contribution in [0.15, 0.2) is 52.9 Å². The average Bonchev–Trinajstić information content (AvgIpc) is 3.29. The molecule has 2 heterocycles. The van der Waals surface area contributed by atoms with Crippen LogP contribution in [-0.2, 0) is 16.1 Å². The van der Waals surface area contributed by atoms with Crippen LogP contribution in [0, 0.1) is 12.8 Å². The van der Waals surface area contributed by atoms with Crippen molar-refractivity contribution in [3.8, 4) is 0 Å². The second-order valence-electron chi connectivity index (χ2n) is 8.33. The Morgan fingerprint density at radius 3 is 2.43 bits per heavy atom. The van der Waals surface area contributed by atoms with Gasteiger partial charge in [0.1, 0.15) is 5.01 Å². The van der Waals surface area contributed by atoms with Crippen molar-refractivity contribution in [3.05, 3.63) is 70.2 Å². The number of aromatic nitrogens is 2. The number of nitrogens with one attached hydrogen (secondary N) is 2. The first kappa shape index (κ1) is 25.6. The molecule has 1 saturated heterocycles. The lowest BCUT2D eigenvalue weighted by Gasteiger charge is -2.41. The van der Waals surface area contributed by atoms with Crippen molar-refractivity contribution in [2.24, 2.45) is 5.92 Å². The van der Waals surface area contributed by atoms with Crippen LogP contribution in [-0.4, -0.2) is 39.7 Å². The van der Waals surface area contributed by atoms with Gasteiger partial charge in [-0.15, -0.1) is 10.2 Å². The molecule has 4 rings (SSSR count). The van der Waals surface area contributed by atoms with Gasteiger partial charge in [0.2, 0.25) is 0 Å². The molecule has 10 heteroatoms. The van der Waals surface area contributed by atoms with E-state index in [1.165, 1.54) is 0 Å². The lowest BCUT2D eigenvalue weighted by atomic mass is 9.91. The Hall–Kier alpha value is -2.50. The highest BCUT2D eigenvalue weighted by atomic mass is 32.2. The number of aryl methyl sites for hydroxylation is 1. The molecule has 1 aliphatic heterocycles. The van der Waals surface area contributed by atoms with Crippen LogP contribution in [0.25, 0.3) is 0 Å². The topological polar surface area (TPSA) is 106 Å². The zero-order valence-corrected chi connectivity index (χ0v) is 21.6. The van der Waals surface area contributed by atoms with Crippen molar-refractivity contribution < 1.29 is 19.4 Å². The smallest absolute Gasteiger partial charge is 0.319 e. The summed E-state index contributed by atoms with van der Waals surface area (Å²) in [5.41, 5.74) is 3.47. The lowest BCUT2D eigenvalue weighted by molar-refractivity contribution is -0.268. The molecule has 3 aromatic rings. The van der Waals surface area contributed by atoms with Gasteiger partial charge in [0.15, 0.2) is 10.6 Å². The molecule has 0 saturated carbocycles. The predicted octanol–water partition coefficient (Wildman–Crippen LogP) is 5.06. The van der Waals surface area contributed by atoms with Gasteiger partial charge >= 0.3 is 6.03 Å². The summed E-state index contributed by atoms with van der Waals surface area (Å²) in [6, 6.07) is 15.1. The molecule has 0 bridgehead atoms. The first-order chi connectivity index (χ1) is 17.0. The fourth-order valence-electron chi connectivity index (χ4n) is 3.86. The van der Waals surface area contributed by atoms with Crippen molar-refractivity contribution in [2.45, 2.75) is 50.2 Å². The molecule has 1 aromatic heterocycles. The Bertz CT molecular complexity index is 1110. The normalized spacial score (nSPS) is 22.1. The standard InChI is InChI=1S/C25H30N4O4S2/c1-4-26-24(31)27-20-11-9-19(10-12-20)23-32-21(14-34-25-29-28-16(3)35-25)15(2)22(33-23)18-7-5-17(13-30)6-8-18/h5-12,15,21-23,30H,4,13-14H2,1-3H3,(H2,26,27,31). The van der Waals surface area contributed by atoms with Crippen LogP contribution in [0.1, 0.15) is 47.9 Å². The van der Waals surface area contributed by atoms with Crippen molar-refractivity contribution in [3.63, 3.8) is 0 Å². The molecule has 0 spiro atoms. The Balaban J connectivity index is 1.53. The average molecular weight is 515 g/mol. The molecule has 4 atom stereocenters. The van der Waals surface area contributed by atoms with Gasteiger partial charge in [-0.2, -0.15) is 0 Å². The maximum absolute atomic E-state index is 11.8. The van der Waals surface area contributed by atoms with Gasteiger partial charge in [-0.25, -0.2) is 4.79 Å². The minimum Gasteiger partial charge on any atom is -0.392 e. The van der Waals surface area contributed by atoms with Crippen LogP contribution >= 0.6 is 23.1 Å². The highest BCUT2D eigenvalue weighted by molar-refractivity contribution is 8.01. The summed E-state index contributed by atoms with van der Waals surface area (Å²) in [5, 5.41) is 24.2. The molecular formula is C25H30N4O4S2. The van der Waals surface area contributed by atoms with E-state index in [1.54, 1.807) is 23.1 Å². The van der Waals surface area contributed by atoms with Gasteiger partial charge in [-0.05, 0) is 37.1 Å².